The number of rotatable bonds is 5. The molecule has 0 spiro atoms. The van der Waals surface area contributed by atoms with E-state index in [4.69, 9.17) is 0 Å². The molecule has 2 aromatic carbocycles. The van der Waals surface area contributed by atoms with Crippen LogP contribution in [-0.4, -0.2) is 23.6 Å². The van der Waals surface area contributed by atoms with Gasteiger partial charge in [0.1, 0.15) is 0 Å². The lowest BCUT2D eigenvalue weighted by Gasteiger charge is -2.21. The van der Waals surface area contributed by atoms with Crippen molar-refractivity contribution < 1.29 is 5.11 Å². The van der Waals surface area contributed by atoms with Crippen molar-refractivity contribution >= 4 is 22.6 Å². The highest BCUT2D eigenvalue weighted by Crippen LogP contribution is 2.17. The van der Waals surface area contributed by atoms with Crippen LogP contribution in [0.3, 0.4) is 0 Å². The number of aliphatic hydroxyl groups excluding tert-OH is 1. The molecule has 1 atom stereocenters. The Morgan fingerprint density at radius 3 is 2.53 bits per heavy atom. The van der Waals surface area contributed by atoms with Crippen molar-refractivity contribution in [3.63, 3.8) is 0 Å². The minimum absolute atomic E-state index is 0.441. The maximum atomic E-state index is 10.2. The summed E-state index contributed by atoms with van der Waals surface area (Å²) < 4.78 is 1.15. The second-order valence-corrected chi connectivity index (χ2v) is 6.00. The molecule has 0 amide bonds. The molecule has 19 heavy (non-hydrogen) atoms. The molecule has 1 unspecified atom stereocenters. The summed E-state index contributed by atoms with van der Waals surface area (Å²) in [6.45, 7) is 1.48. The van der Waals surface area contributed by atoms with Crippen molar-refractivity contribution in [2.75, 3.05) is 13.6 Å². The van der Waals surface area contributed by atoms with Gasteiger partial charge >= 0.3 is 0 Å². The Hall–Kier alpha value is -0.910. The molecule has 0 saturated carbocycles. The summed E-state index contributed by atoms with van der Waals surface area (Å²) in [5, 5.41) is 10.2. The molecule has 2 rings (SSSR count). The van der Waals surface area contributed by atoms with Gasteiger partial charge in [-0.15, -0.1) is 0 Å². The summed E-state index contributed by atoms with van der Waals surface area (Å²) in [6, 6.07) is 18.3. The molecular weight excluding hydrogens is 349 g/mol. The smallest absolute Gasteiger partial charge is 0.0917 e. The van der Waals surface area contributed by atoms with E-state index in [0.717, 1.165) is 15.7 Å². The minimum atomic E-state index is -0.441. The van der Waals surface area contributed by atoms with Crippen molar-refractivity contribution in [2.24, 2.45) is 0 Å². The second-order valence-electron chi connectivity index (χ2n) is 4.75. The molecule has 0 saturated heterocycles. The van der Waals surface area contributed by atoms with Crippen molar-refractivity contribution in [3.8, 4) is 0 Å². The number of hydrogen-bond donors (Lipinski definition) is 1. The Morgan fingerprint density at radius 1 is 1.11 bits per heavy atom. The number of halogens is 1. The number of likely N-dealkylation sites (N-methyl/N-ethyl adjacent to an activating group) is 1. The lowest BCUT2D eigenvalue weighted by atomic mass is 10.1. The zero-order valence-corrected chi connectivity index (χ0v) is 13.1. The van der Waals surface area contributed by atoms with Crippen LogP contribution in [-0.2, 0) is 6.54 Å². The molecule has 1 N–H and O–H groups in total. The molecule has 0 aromatic heterocycles. The zero-order valence-electron chi connectivity index (χ0n) is 11.0. The molecule has 0 aliphatic heterocycles. The SMILES string of the molecule is CN(Cc1ccccc1)CC(O)c1cccc(I)c1. The van der Waals surface area contributed by atoms with Crippen LogP contribution in [0.2, 0.25) is 0 Å². The van der Waals surface area contributed by atoms with Gasteiger partial charge in [0.05, 0.1) is 6.10 Å². The second kappa shape index (κ2) is 7.03. The van der Waals surface area contributed by atoms with Gasteiger partial charge in [-0.3, -0.25) is 4.90 Å². The van der Waals surface area contributed by atoms with Gasteiger partial charge in [0.15, 0.2) is 0 Å². The van der Waals surface area contributed by atoms with Crippen LogP contribution in [0, 0.1) is 3.57 Å². The molecule has 2 nitrogen and oxygen atoms in total. The highest BCUT2D eigenvalue weighted by molar-refractivity contribution is 14.1. The molecule has 2 aromatic rings. The first-order valence-electron chi connectivity index (χ1n) is 6.31. The Kier molecular flexibility index (Phi) is 5.36. The quantitative estimate of drug-likeness (QED) is 0.819. The van der Waals surface area contributed by atoms with E-state index < -0.39 is 6.10 Å². The van der Waals surface area contributed by atoms with Crippen LogP contribution in [0.5, 0.6) is 0 Å². The van der Waals surface area contributed by atoms with Gasteiger partial charge in [-0.1, -0.05) is 42.5 Å². The van der Waals surface area contributed by atoms with E-state index in [9.17, 15) is 5.11 Å². The van der Waals surface area contributed by atoms with Gasteiger partial charge in [0.25, 0.3) is 0 Å². The van der Waals surface area contributed by atoms with Crippen LogP contribution in [0.1, 0.15) is 17.2 Å². The first-order chi connectivity index (χ1) is 9.15. The van der Waals surface area contributed by atoms with E-state index in [0.29, 0.717) is 6.54 Å². The normalized spacial score (nSPS) is 12.6. The first kappa shape index (κ1) is 14.5. The fraction of sp³-hybridized carbons (Fsp3) is 0.250. The summed E-state index contributed by atoms with van der Waals surface area (Å²) >= 11 is 2.27. The van der Waals surface area contributed by atoms with Gasteiger partial charge in [-0.25, -0.2) is 0 Å². The van der Waals surface area contributed by atoms with Crippen LogP contribution in [0.15, 0.2) is 54.6 Å². The number of nitrogens with zero attached hydrogens (tertiary/aromatic N) is 1. The zero-order chi connectivity index (χ0) is 13.7. The topological polar surface area (TPSA) is 23.5 Å². The van der Waals surface area contributed by atoms with Crippen molar-refractivity contribution in [3.05, 3.63) is 69.3 Å². The Balaban J connectivity index is 1.93. The average Bonchev–Trinajstić information content (AvgIpc) is 2.39. The summed E-state index contributed by atoms with van der Waals surface area (Å²) in [4.78, 5) is 2.14. The predicted molar refractivity (Wildman–Crippen MR) is 86.9 cm³/mol. The Morgan fingerprint density at radius 2 is 1.84 bits per heavy atom. The third-order valence-corrected chi connectivity index (χ3v) is 3.68. The van der Waals surface area contributed by atoms with Gasteiger partial charge < -0.3 is 5.11 Å². The fourth-order valence-electron chi connectivity index (χ4n) is 2.07. The van der Waals surface area contributed by atoms with E-state index in [1.165, 1.54) is 5.56 Å². The fourth-order valence-corrected chi connectivity index (χ4v) is 2.64. The largest absolute Gasteiger partial charge is 0.387 e. The molecule has 100 valence electrons. The summed E-state index contributed by atoms with van der Waals surface area (Å²) in [5.74, 6) is 0. The van der Waals surface area contributed by atoms with E-state index in [1.54, 1.807) is 0 Å². The molecule has 0 bridgehead atoms. The molecule has 0 aliphatic carbocycles. The number of hydrogen-bond acceptors (Lipinski definition) is 2. The Bertz CT molecular complexity index is 515. The molecule has 0 radical (unpaired) electrons. The molecular formula is C16H18INO. The van der Waals surface area contributed by atoms with Gasteiger partial charge in [-0.2, -0.15) is 0 Å². The van der Waals surface area contributed by atoms with Crippen molar-refractivity contribution in [1.29, 1.82) is 0 Å². The third kappa shape index (κ3) is 4.60. The molecule has 0 heterocycles. The van der Waals surface area contributed by atoms with E-state index in [1.807, 2.05) is 49.5 Å². The monoisotopic (exact) mass is 367 g/mol. The minimum Gasteiger partial charge on any atom is -0.387 e. The maximum absolute atomic E-state index is 10.2. The molecule has 3 heteroatoms. The molecule has 0 aliphatic rings. The van der Waals surface area contributed by atoms with Crippen LogP contribution < -0.4 is 0 Å². The highest BCUT2D eigenvalue weighted by Gasteiger charge is 2.11. The van der Waals surface area contributed by atoms with Crippen LogP contribution >= 0.6 is 22.6 Å². The lowest BCUT2D eigenvalue weighted by Crippen LogP contribution is -2.24. The summed E-state index contributed by atoms with van der Waals surface area (Å²) in [5.41, 5.74) is 2.24. The van der Waals surface area contributed by atoms with Crippen molar-refractivity contribution in [2.45, 2.75) is 12.6 Å². The molecule has 0 fully saturated rings. The highest BCUT2D eigenvalue weighted by atomic mass is 127. The number of aliphatic hydroxyl groups is 1. The van der Waals surface area contributed by atoms with Gasteiger partial charge in [-0.05, 0) is 52.9 Å². The summed E-state index contributed by atoms with van der Waals surface area (Å²) in [7, 11) is 2.03. The first-order valence-corrected chi connectivity index (χ1v) is 7.39. The van der Waals surface area contributed by atoms with Crippen LogP contribution in [0.4, 0.5) is 0 Å². The number of benzene rings is 2. The van der Waals surface area contributed by atoms with E-state index >= 15 is 0 Å². The van der Waals surface area contributed by atoms with Crippen LogP contribution in [0.25, 0.3) is 0 Å². The van der Waals surface area contributed by atoms with Gasteiger partial charge in [0.2, 0.25) is 0 Å². The predicted octanol–water partition coefficient (Wildman–Crippen LogP) is 3.46. The van der Waals surface area contributed by atoms with E-state index in [-0.39, 0.29) is 0 Å². The van der Waals surface area contributed by atoms with E-state index in [2.05, 4.69) is 39.6 Å². The average molecular weight is 367 g/mol. The summed E-state index contributed by atoms with van der Waals surface area (Å²) in [6.07, 6.45) is -0.441. The Labute approximate surface area is 128 Å². The van der Waals surface area contributed by atoms with Crippen molar-refractivity contribution in [1.82, 2.24) is 4.90 Å². The standard InChI is InChI=1S/C16H18INO/c1-18(11-13-6-3-2-4-7-13)12-16(19)14-8-5-9-15(17)10-14/h2-10,16,19H,11-12H2,1H3. The third-order valence-electron chi connectivity index (χ3n) is 3.01. The van der Waals surface area contributed by atoms with Gasteiger partial charge in [0, 0.05) is 16.7 Å². The lowest BCUT2D eigenvalue weighted by molar-refractivity contribution is 0.124. The maximum Gasteiger partial charge on any atom is 0.0917 e.